The monoisotopic (exact) mass is 392 g/mol. The highest BCUT2D eigenvalue weighted by Gasteiger charge is 2.44. The lowest BCUT2D eigenvalue weighted by Gasteiger charge is -2.38. The number of esters is 1. The Hall–Kier alpha value is -1.71. The van der Waals surface area contributed by atoms with Crippen LogP contribution in [0.4, 0.5) is 0 Å². The van der Waals surface area contributed by atoms with Crippen molar-refractivity contribution in [2.75, 3.05) is 19.7 Å². The molecule has 9 heteroatoms. The zero-order chi connectivity index (χ0) is 18.1. The Bertz CT molecular complexity index is 784. The summed E-state index contributed by atoms with van der Waals surface area (Å²) in [5, 5.41) is 6.48. The number of rotatable bonds is 5. The highest BCUT2D eigenvalue weighted by Crippen LogP contribution is 2.43. The number of fused-ring (bicyclic) bond motifs is 1. The minimum atomic E-state index is -0.260. The lowest BCUT2D eigenvalue weighted by molar-refractivity contribution is -0.149. The molecule has 0 aliphatic carbocycles. The standard InChI is InChI=1S/C17H20N4O3S2/c1-2-24-16(23)11-5-7-20(8-6-11)13(12-4-3-9-25-12)14-15(22)21-17(26-14)18-10-19-21/h3-4,9-11,13-14H,2,5-8H2,1H3. The quantitative estimate of drug-likeness (QED) is 0.724. The van der Waals surface area contributed by atoms with Crippen LogP contribution in [0.1, 0.15) is 35.5 Å². The van der Waals surface area contributed by atoms with Crippen LogP contribution in [0.2, 0.25) is 0 Å². The molecule has 26 heavy (non-hydrogen) atoms. The van der Waals surface area contributed by atoms with E-state index >= 15 is 0 Å². The fraction of sp³-hybridized carbons (Fsp3) is 0.529. The molecule has 2 aliphatic heterocycles. The Morgan fingerprint density at radius 2 is 2.23 bits per heavy atom. The van der Waals surface area contributed by atoms with Gasteiger partial charge in [0.15, 0.2) is 5.16 Å². The molecule has 0 N–H and O–H groups in total. The van der Waals surface area contributed by atoms with Gasteiger partial charge < -0.3 is 4.74 Å². The second-order valence-electron chi connectivity index (χ2n) is 6.35. The average Bonchev–Trinajstić information content (AvgIpc) is 3.37. The van der Waals surface area contributed by atoms with Crippen molar-refractivity contribution in [1.29, 1.82) is 0 Å². The summed E-state index contributed by atoms with van der Waals surface area (Å²) in [7, 11) is 0. The summed E-state index contributed by atoms with van der Waals surface area (Å²) < 4.78 is 6.57. The summed E-state index contributed by atoms with van der Waals surface area (Å²) >= 11 is 3.14. The minimum Gasteiger partial charge on any atom is -0.466 e. The summed E-state index contributed by atoms with van der Waals surface area (Å²) in [6.07, 6.45) is 2.94. The van der Waals surface area contributed by atoms with Gasteiger partial charge in [-0.25, -0.2) is 4.98 Å². The van der Waals surface area contributed by atoms with E-state index in [-0.39, 0.29) is 29.1 Å². The van der Waals surface area contributed by atoms with Crippen LogP contribution in [0.5, 0.6) is 0 Å². The van der Waals surface area contributed by atoms with Crippen molar-refractivity contribution < 1.29 is 14.3 Å². The average molecular weight is 393 g/mol. The maximum absolute atomic E-state index is 12.8. The molecule has 0 spiro atoms. The molecule has 0 radical (unpaired) electrons. The van der Waals surface area contributed by atoms with Crippen LogP contribution in [0.15, 0.2) is 29.0 Å². The first kappa shape index (κ1) is 17.7. The molecule has 2 aromatic heterocycles. The van der Waals surface area contributed by atoms with Crippen molar-refractivity contribution in [1.82, 2.24) is 19.7 Å². The van der Waals surface area contributed by atoms with Gasteiger partial charge >= 0.3 is 5.97 Å². The van der Waals surface area contributed by atoms with Crippen LogP contribution in [-0.2, 0) is 9.53 Å². The van der Waals surface area contributed by atoms with Crippen LogP contribution in [0.3, 0.4) is 0 Å². The molecule has 4 rings (SSSR count). The number of hydrogen-bond acceptors (Lipinski definition) is 8. The van der Waals surface area contributed by atoms with Gasteiger partial charge in [-0.05, 0) is 44.3 Å². The van der Waals surface area contributed by atoms with E-state index < -0.39 is 0 Å². The van der Waals surface area contributed by atoms with Crippen molar-refractivity contribution in [2.24, 2.45) is 5.92 Å². The highest BCUT2D eigenvalue weighted by molar-refractivity contribution is 8.01. The molecule has 2 unspecified atom stereocenters. The van der Waals surface area contributed by atoms with E-state index in [1.165, 1.54) is 22.8 Å². The number of thiophene rings is 1. The molecule has 2 atom stereocenters. The second kappa shape index (κ2) is 7.50. The molecule has 0 bridgehead atoms. The van der Waals surface area contributed by atoms with E-state index in [0.29, 0.717) is 11.8 Å². The third kappa shape index (κ3) is 3.19. The smallest absolute Gasteiger partial charge is 0.309 e. The Morgan fingerprint density at radius 3 is 2.88 bits per heavy atom. The van der Waals surface area contributed by atoms with E-state index in [0.717, 1.165) is 30.8 Å². The number of carbonyl (C=O) groups is 2. The van der Waals surface area contributed by atoms with Gasteiger partial charge in [-0.3, -0.25) is 14.5 Å². The maximum Gasteiger partial charge on any atom is 0.309 e. The first-order valence-electron chi connectivity index (χ1n) is 8.74. The summed E-state index contributed by atoms with van der Waals surface area (Å²) in [6.45, 7) is 3.79. The molecular formula is C17H20N4O3S2. The first-order chi connectivity index (χ1) is 12.7. The zero-order valence-electron chi connectivity index (χ0n) is 14.4. The van der Waals surface area contributed by atoms with Gasteiger partial charge in [-0.15, -0.1) is 11.3 Å². The van der Waals surface area contributed by atoms with Gasteiger partial charge in [-0.2, -0.15) is 9.78 Å². The summed E-state index contributed by atoms with van der Waals surface area (Å²) in [5.41, 5.74) is 0. The third-order valence-electron chi connectivity index (χ3n) is 4.87. The topological polar surface area (TPSA) is 77.3 Å². The Labute approximate surface area is 159 Å². The highest BCUT2D eigenvalue weighted by atomic mass is 32.2. The fourth-order valence-corrected chi connectivity index (χ4v) is 5.80. The molecule has 2 aromatic rings. The Morgan fingerprint density at radius 1 is 1.42 bits per heavy atom. The van der Waals surface area contributed by atoms with Crippen molar-refractivity contribution >= 4 is 35.0 Å². The molecule has 0 aromatic carbocycles. The SMILES string of the molecule is CCOC(=O)C1CCN(C(c2cccs2)C2Sc3ncnn3C2=O)CC1. The third-order valence-corrected chi connectivity index (χ3v) is 7.01. The number of ether oxygens (including phenoxy) is 1. The maximum atomic E-state index is 12.8. The van der Waals surface area contributed by atoms with Crippen molar-refractivity contribution in [3.63, 3.8) is 0 Å². The van der Waals surface area contributed by atoms with Crippen LogP contribution in [0, 0.1) is 5.92 Å². The molecule has 1 fully saturated rings. The largest absolute Gasteiger partial charge is 0.466 e. The van der Waals surface area contributed by atoms with Crippen LogP contribution < -0.4 is 0 Å². The van der Waals surface area contributed by atoms with E-state index in [4.69, 9.17) is 4.74 Å². The number of piperidine rings is 1. The van der Waals surface area contributed by atoms with E-state index in [9.17, 15) is 9.59 Å². The van der Waals surface area contributed by atoms with Crippen molar-refractivity contribution in [3.8, 4) is 0 Å². The van der Waals surface area contributed by atoms with Crippen LogP contribution >= 0.6 is 23.1 Å². The first-order valence-corrected chi connectivity index (χ1v) is 10.5. The van der Waals surface area contributed by atoms with E-state index in [2.05, 4.69) is 21.0 Å². The number of carbonyl (C=O) groups excluding carboxylic acids is 2. The van der Waals surface area contributed by atoms with Gasteiger partial charge in [0.25, 0.3) is 5.91 Å². The number of hydrogen-bond donors (Lipinski definition) is 0. The van der Waals surface area contributed by atoms with Crippen LogP contribution in [-0.4, -0.2) is 56.5 Å². The van der Waals surface area contributed by atoms with Crippen molar-refractivity contribution in [3.05, 3.63) is 28.7 Å². The molecule has 138 valence electrons. The van der Waals surface area contributed by atoms with Gasteiger partial charge in [0.05, 0.1) is 18.6 Å². The number of thioether (sulfide) groups is 1. The van der Waals surface area contributed by atoms with Crippen LogP contribution in [0.25, 0.3) is 0 Å². The van der Waals surface area contributed by atoms with Gasteiger partial charge in [0.1, 0.15) is 11.6 Å². The zero-order valence-corrected chi connectivity index (χ0v) is 16.0. The molecule has 1 saturated heterocycles. The van der Waals surface area contributed by atoms with E-state index in [1.807, 2.05) is 18.4 Å². The summed E-state index contributed by atoms with van der Waals surface area (Å²) in [6, 6.07) is 4.06. The van der Waals surface area contributed by atoms with Gasteiger partial charge in [0.2, 0.25) is 0 Å². The number of aromatic nitrogens is 3. The lowest BCUT2D eigenvalue weighted by Crippen LogP contribution is -2.44. The van der Waals surface area contributed by atoms with Gasteiger partial charge in [-0.1, -0.05) is 17.8 Å². The summed E-state index contributed by atoms with van der Waals surface area (Å²) in [4.78, 5) is 32.5. The van der Waals surface area contributed by atoms with Crippen molar-refractivity contribution in [2.45, 2.75) is 36.2 Å². The Balaban J connectivity index is 1.52. The lowest BCUT2D eigenvalue weighted by atomic mass is 9.94. The second-order valence-corrected chi connectivity index (χ2v) is 8.44. The van der Waals surface area contributed by atoms with Gasteiger partial charge in [0, 0.05) is 4.88 Å². The van der Waals surface area contributed by atoms with E-state index in [1.54, 1.807) is 11.3 Å². The minimum absolute atomic E-state index is 0.0200. The molecule has 0 saturated carbocycles. The number of nitrogens with zero attached hydrogens (tertiary/aromatic N) is 4. The normalized spacial score (nSPS) is 22.3. The fourth-order valence-electron chi connectivity index (χ4n) is 3.60. The number of likely N-dealkylation sites (tertiary alicyclic amines) is 1. The molecule has 7 nitrogen and oxygen atoms in total. The predicted octanol–water partition coefficient (Wildman–Crippen LogP) is 2.47. The molecule has 2 aliphatic rings. The molecule has 0 amide bonds. The summed E-state index contributed by atoms with van der Waals surface area (Å²) in [5.74, 6) is -0.164. The molecule has 4 heterocycles. The Kier molecular flexibility index (Phi) is 5.10. The molecular weight excluding hydrogens is 372 g/mol. The predicted molar refractivity (Wildman–Crippen MR) is 98.3 cm³/mol.